The zero-order valence-electron chi connectivity index (χ0n) is 37.6. The third kappa shape index (κ3) is 6.70. The SMILES string of the molecule is Cc1cc(C)c(-c2ccc3c4ccccc4n(-c4cc(-c5cccc(-c6ccccc6)n5)cc(-n5c6ccccc6c6ccc(-c7c(C)cc(C)cc7C)cc65)c4C(F)(F)F)c3c2)c(C)c1. The molecule has 0 bridgehead atoms. The van der Waals surface area contributed by atoms with E-state index < -0.39 is 11.7 Å². The Balaban J connectivity index is 1.29. The van der Waals surface area contributed by atoms with Crippen LogP contribution in [0.25, 0.3) is 99.8 Å². The van der Waals surface area contributed by atoms with Crippen molar-refractivity contribution >= 4 is 43.6 Å². The first-order valence-electron chi connectivity index (χ1n) is 22.4. The Morgan fingerprint density at radius 1 is 0.364 bits per heavy atom. The summed E-state index contributed by atoms with van der Waals surface area (Å²) in [7, 11) is 0. The van der Waals surface area contributed by atoms with E-state index in [9.17, 15) is 0 Å². The number of rotatable bonds is 6. The number of hydrogen-bond acceptors (Lipinski definition) is 1. The molecule has 66 heavy (non-hydrogen) atoms. The van der Waals surface area contributed by atoms with Gasteiger partial charge in [0.1, 0.15) is 5.56 Å². The molecular weight excluding hydrogens is 820 g/mol. The molecule has 0 spiro atoms. The summed E-state index contributed by atoms with van der Waals surface area (Å²) in [6, 6.07) is 55.7. The molecule has 11 rings (SSSR count). The van der Waals surface area contributed by atoms with Crippen molar-refractivity contribution in [3.05, 3.63) is 209 Å². The minimum absolute atomic E-state index is 0.0231. The molecule has 322 valence electrons. The van der Waals surface area contributed by atoms with Gasteiger partial charge in [-0.1, -0.05) is 132 Å². The fourth-order valence-electron chi connectivity index (χ4n) is 10.8. The van der Waals surface area contributed by atoms with Crippen LogP contribution in [0.1, 0.15) is 38.9 Å². The third-order valence-corrected chi connectivity index (χ3v) is 13.3. The zero-order valence-corrected chi connectivity index (χ0v) is 37.6. The van der Waals surface area contributed by atoms with Crippen LogP contribution in [-0.4, -0.2) is 14.1 Å². The van der Waals surface area contributed by atoms with E-state index >= 15 is 13.2 Å². The second-order valence-electron chi connectivity index (χ2n) is 17.9. The summed E-state index contributed by atoms with van der Waals surface area (Å²) in [6.07, 6.45) is -4.80. The number of hydrogen-bond donors (Lipinski definition) is 0. The van der Waals surface area contributed by atoms with Crippen molar-refractivity contribution in [2.45, 2.75) is 47.7 Å². The highest BCUT2D eigenvalue weighted by Gasteiger charge is 2.40. The first-order chi connectivity index (χ1) is 31.8. The number of halogens is 3. The van der Waals surface area contributed by atoms with Crippen molar-refractivity contribution in [3.63, 3.8) is 0 Å². The van der Waals surface area contributed by atoms with Gasteiger partial charge in [-0.2, -0.15) is 13.2 Å². The molecule has 0 fully saturated rings. The van der Waals surface area contributed by atoms with Crippen LogP contribution in [0.2, 0.25) is 0 Å². The van der Waals surface area contributed by atoms with Gasteiger partial charge in [-0.25, -0.2) is 4.98 Å². The normalized spacial score (nSPS) is 12.0. The van der Waals surface area contributed by atoms with Crippen LogP contribution < -0.4 is 0 Å². The monoisotopic (exact) mass is 865 g/mol. The maximum absolute atomic E-state index is 16.8. The van der Waals surface area contributed by atoms with Gasteiger partial charge in [0, 0.05) is 32.7 Å². The largest absolute Gasteiger partial charge is 0.420 e. The van der Waals surface area contributed by atoms with E-state index in [-0.39, 0.29) is 11.4 Å². The van der Waals surface area contributed by atoms with Crippen LogP contribution in [0.3, 0.4) is 0 Å². The average Bonchev–Trinajstić information content (AvgIpc) is 3.80. The maximum atomic E-state index is 16.8. The standard InChI is InChI=1S/C60H46F3N3/c1-35-27-37(3)57(38(4)28-35)42-23-25-47-45-17-10-12-21-51(45)65(53(47)31-42)55-33-44(50-20-14-19-49(64-50)41-15-8-7-9-16-41)34-56(59(55)60(61,62)63)66-52-22-13-11-18-46(52)48-26-24-43(32-54(48)66)58-39(5)29-36(2)30-40(58)6/h7-34H,1-6H3. The van der Waals surface area contributed by atoms with Crippen molar-refractivity contribution in [2.24, 2.45) is 0 Å². The maximum Gasteiger partial charge on any atom is 0.420 e. The van der Waals surface area contributed by atoms with E-state index in [1.807, 2.05) is 106 Å². The number of aromatic nitrogens is 3. The molecule has 0 aliphatic carbocycles. The number of nitrogens with zero attached hydrogens (tertiary/aromatic N) is 3. The Morgan fingerprint density at radius 2 is 0.773 bits per heavy atom. The minimum Gasteiger partial charge on any atom is -0.309 e. The molecule has 0 aliphatic heterocycles. The number of para-hydroxylation sites is 2. The van der Waals surface area contributed by atoms with Crippen LogP contribution in [0.15, 0.2) is 170 Å². The summed E-state index contributed by atoms with van der Waals surface area (Å²) in [4.78, 5) is 5.16. The molecule has 0 saturated heterocycles. The average molecular weight is 866 g/mol. The fraction of sp³-hybridized carbons (Fsp3) is 0.117. The molecule has 0 unspecified atom stereocenters. The lowest BCUT2D eigenvalue weighted by molar-refractivity contribution is -0.137. The van der Waals surface area contributed by atoms with Gasteiger partial charge in [0.25, 0.3) is 0 Å². The van der Waals surface area contributed by atoms with Gasteiger partial charge in [0.2, 0.25) is 0 Å². The second kappa shape index (κ2) is 15.5. The third-order valence-electron chi connectivity index (χ3n) is 13.3. The summed E-state index contributed by atoms with van der Waals surface area (Å²) in [5, 5.41) is 3.47. The molecule has 0 amide bonds. The summed E-state index contributed by atoms with van der Waals surface area (Å²) in [5.74, 6) is 0. The van der Waals surface area contributed by atoms with Crippen LogP contribution in [0.5, 0.6) is 0 Å². The predicted molar refractivity (Wildman–Crippen MR) is 268 cm³/mol. The van der Waals surface area contributed by atoms with Crippen molar-refractivity contribution < 1.29 is 13.2 Å². The Kier molecular flexibility index (Phi) is 9.63. The zero-order chi connectivity index (χ0) is 45.6. The minimum atomic E-state index is -4.80. The molecule has 0 aliphatic rings. The number of benzene rings is 8. The first kappa shape index (κ1) is 41.0. The summed E-state index contributed by atoms with van der Waals surface area (Å²) >= 11 is 0. The molecule has 0 saturated carbocycles. The lowest BCUT2D eigenvalue weighted by Crippen LogP contribution is -2.16. The van der Waals surface area contributed by atoms with Crippen molar-refractivity contribution in [2.75, 3.05) is 0 Å². The number of pyridine rings is 1. The van der Waals surface area contributed by atoms with Gasteiger partial charge in [-0.05, 0) is 135 Å². The molecule has 3 heterocycles. The van der Waals surface area contributed by atoms with E-state index in [2.05, 4.69) is 102 Å². The van der Waals surface area contributed by atoms with Gasteiger partial charge in [-0.3, -0.25) is 0 Å². The molecule has 3 nitrogen and oxygen atoms in total. The molecule has 11 aromatic rings. The topological polar surface area (TPSA) is 22.8 Å². The molecular formula is C60H46F3N3. The van der Waals surface area contributed by atoms with Gasteiger partial charge in [-0.15, -0.1) is 0 Å². The fourth-order valence-corrected chi connectivity index (χ4v) is 10.8. The van der Waals surface area contributed by atoms with E-state index in [0.717, 1.165) is 88.4 Å². The molecule has 0 atom stereocenters. The lowest BCUT2D eigenvalue weighted by Gasteiger charge is -2.23. The highest BCUT2D eigenvalue weighted by Crippen LogP contribution is 2.47. The smallest absolute Gasteiger partial charge is 0.309 e. The molecule has 3 aromatic heterocycles. The number of aryl methyl sites for hydroxylation is 6. The van der Waals surface area contributed by atoms with E-state index in [4.69, 9.17) is 4.98 Å². The highest BCUT2D eigenvalue weighted by molar-refractivity contribution is 6.12. The highest BCUT2D eigenvalue weighted by atomic mass is 19.4. The molecule has 0 radical (unpaired) electrons. The Labute approximate surface area is 382 Å². The predicted octanol–water partition coefficient (Wildman–Crippen LogP) is 16.8. The molecule has 6 heteroatoms. The van der Waals surface area contributed by atoms with Gasteiger partial charge in [0.15, 0.2) is 0 Å². The van der Waals surface area contributed by atoms with Crippen LogP contribution in [-0.2, 0) is 6.18 Å². The van der Waals surface area contributed by atoms with Crippen molar-refractivity contribution in [1.29, 1.82) is 0 Å². The Morgan fingerprint density at radius 3 is 1.23 bits per heavy atom. The van der Waals surface area contributed by atoms with Crippen LogP contribution in [0, 0.1) is 41.5 Å². The second-order valence-corrected chi connectivity index (χ2v) is 17.9. The summed E-state index contributed by atoms with van der Waals surface area (Å²) < 4.78 is 54.2. The van der Waals surface area contributed by atoms with Gasteiger partial charge in [0.05, 0.1) is 44.8 Å². The Hall–Kier alpha value is -7.70. The van der Waals surface area contributed by atoms with Crippen LogP contribution >= 0.6 is 0 Å². The molecule has 8 aromatic carbocycles. The van der Waals surface area contributed by atoms with Gasteiger partial charge >= 0.3 is 6.18 Å². The van der Waals surface area contributed by atoms with E-state index in [0.29, 0.717) is 33.3 Å². The summed E-state index contributed by atoms with van der Waals surface area (Å²) in [6.45, 7) is 12.6. The van der Waals surface area contributed by atoms with E-state index in [1.54, 1.807) is 12.1 Å². The number of alkyl halides is 3. The van der Waals surface area contributed by atoms with Crippen LogP contribution in [0.4, 0.5) is 13.2 Å². The number of fused-ring (bicyclic) bond motifs is 6. The quantitative estimate of drug-likeness (QED) is 0.163. The van der Waals surface area contributed by atoms with Crippen molar-refractivity contribution in [3.8, 4) is 56.1 Å². The van der Waals surface area contributed by atoms with E-state index in [1.165, 1.54) is 0 Å². The summed E-state index contributed by atoms with van der Waals surface area (Å²) in [5.41, 5.74) is 15.6. The van der Waals surface area contributed by atoms with Gasteiger partial charge < -0.3 is 9.13 Å². The Bertz CT molecular complexity index is 3510. The lowest BCUT2D eigenvalue weighted by atomic mass is 9.93. The van der Waals surface area contributed by atoms with Crippen molar-refractivity contribution in [1.82, 2.24) is 14.1 Å². The molecule has 0 N–H and O–H groups in total. The first-order valence-corrected chi connectivity index (χ1v) is 22.4.